The first-order chi connectivity index (χ1) is 17.2. The molecule has 3 aromatic carbocycles. The van der Waals surface area contributed by atoms with Crippen molar-refractivity contribution in [2.75, 3.05) is 16.4 Å². The zero-order chi connectivity index (χ0) is 26.1. The highest BCUT2D eigenvalue weighted by atomic mass is 79.9. The molecule has 0 aliphatic carbocycles. The summed E-state index contributed by atoms with van der Waals surface area (Å²) in [7, 11) is 0. The Hall–Kier alpha value is -3.30. The van der Waals surface area contributed by atoms with Gasteiger partial charge < -0.3 is 20.9 Å². The highest BCUT2D eigenvalue weighted by Gasteiger charge is 2.26. The van der Waals surface area contributed by atoms with Gasteiger partial charge in [0.15, 0.2) is 0 Å². The molecule has 0 saturated carbocycles. The van der Waals surface area contributed by atoms with Gasteiger partial charge in [-0.15, -0.1) is 0 Å². The van der Waals surface area contributed by atoms with Gasteiger partial charge in [-0.05, 0) is 79.4 Å². The molecule has 2 atom stereocenters. The molecule has 7 nitrogen and oxygen atoms in total. The highest BCUT2D eigenvalue weighted by Crippen LogP contribution is 2.36. The van der Waals surface area contributed by atoms with Gasteiger partial charge in [-0.1, -0.05) is 57.0 Å². The Morgan fingerprint density at radius 2 is 1.72 bits per heavy atom. The Labute approximate surface area is 227 Å². The number of phenols is 1. The van der Waals surface area contributed by atoms with Gasteiger partial charge in [0.1, 0.15) is 11.9 Å². The topological polar surface area (TPSA) is 114 Å². The molecule has 36 heavy (non-hydrogen) atoms. The predicted molar refractivity (Wildman–Crippen MR) is 150 cm³/mol. The number of carbonyl (C=O) groups is 2. The van der Waals surface area contributed by atoms with E-state index in [1.807, 2.05) is 19.1 Å². The molecule has 2 amide bonds. The summed E-state index contributed by atoms with van der Waals surface area (Å²) in [5.41, 5.74) is 7.97. The number of phenolic OH excluding ortho intramolecular Hbond substituents is 1. The molecule has 3 rings (SSSR count). The summed E-state index contributed by atoms with van der Waals surface area (Å²) in [6.45, 7) is 1.93. The molecule has 3 aromatic rings. The minimum absolute atomic E-state index is 0.0295. The number of hydrogen-bond acceptors (Lipinski definition) is 5. The van der Waals surface area contributed by atoms with Crippen molar-refractivity contribution in [1.29, 1.82) is 0 Å². The van der Waals surface area contributed by atoms with E-state index in [1.54, 1.807) is 60.7 Å². The first kappa shape index (κ1) is 27.3. The molecule has 0 radical (unpaired) electrons. The summed E-state index contributed by atoms with van der Waals surface area (Å²) in [6, 6.07) is 19.1. The lowest BCUT2D eigenvalue weighted by Gasteiger charge is -2.25. The maximum absolute atomic E-state index is 12.7. The number of rotatable bonds is 9. The number of amides is 2. The van der Waals surface area contributed by atoms with Crippen molar-refractivity contribution in [3.63, 3.8) is 0 Å². The van der Waals surface area contributed by atoms with Crippen LogP contribution in [0.3, 0.4) is 0 Å². The Kier molecular flexibility index (Phi) is 9.95. The first-order valence-electron chi connectivity index (χ1n) is 11.3. The van der Waals surface area contributed by atoms with Crippen LogP contribution in [0.15, 0.2) is 87.8 Å². The number of hydrogen-bond donors (Lipinski definition) is 4. The number of nitrogen functional groups attached to an aromatic ring is 1. The maximum atomic E-state index is 12.7. The van der Waals surface area contributed by atoms with Gasteiger partial charge in [-0.2, -0.15) is 0 Å². The van der Waals surface area contributed by atoms with Crippen LogP contribution in [0.4, 0.5) is 21.9 Å². The molecule has 188 valence electrons. The average molecular weight is 617 g/mol. The van der Waals surface area contributed by atoms with Crippen molar-refractivity contribution in [3.05, 3.63) is 93.4 Å². The zero-order valence-electron chi connectivity index (χ0n) is 19.6. The minimum atomic E-state index is -0.718. The van der Waals surface area contributed by atoms with E-state index in [-0.39, 0.29) is 17.6 Å². The van der Waals surface area contributed by atoms with Gasteiger partial charge >= 0.3 is 6.09 Å². The molecule has 0 spiro atoms. The van der Waals surface area contributed by atoms with Crippen molar-refractivity contribution >= 4 is 60.9 Å². The van der Waals surface area contributed by atoms with E-state index < -0.39 is 12.2 Å². The number of anilines is 3. The van der Waals surface area contributed by atoms with Crippen LogP contribution in [0.2, 0.25) is 0 Å². The summed E-state index contributed by atoms with van der Waals surface area (Å²) in [6.07, 6.45) is 3.01. The minimum Gasteiger partial charge on any atom is -0.508 e. The lowest BCUT2D eigenvalue weighted by Crippen LogP contribution is -2.22. The normalized spacial score (nSPS) is 12.6. The largest absolute Gasteiger partial charge is 0.508 e. The first-order valence-corrected chi connectivity index (χ1v) is 12.8. The van der Waals surface area contributed by atoms with Crippen LogP contribution in [0.5, 0.6) is 5.75 Å². The maximum Gasteiger partial charge on any atom is 0.412 e. The van der Waals surface area contributed by atoms with E-state index in [2.05, 4.69) is 42.5 Å². The lowest BCUT2D eigenvalue weighted by molar-refractivity contribution is -0.111. The number of ether oxygens (including phenoxy) is 1. The number of benzene rings is 3. The molecular weight excluding hydrogens is 590 g/mol. The van der Waals surface area contributed by atoms with Gasteiger partial charge in [0.2, 0.25) is 5.91 Å². The van der Waals surface area contributed by atoms with Gasteiger partial charge in [0.25, 0.3) is 0 Å². The fraction of sp³-hybridized carbons (Fsp3) is 0.185. The third-order valence-electron chi connectivity index (χ3n) is 5.41. The second-order valence-corrected chi connectivity index (χ2v) is 10.0. The second kappa shape index (κ2) is 13.1. The quantitative estimate of drug-likeness (QED) is 0.148. The SMILES string of the molecule is C[C@H](CC/C=C/C(=O)Nc1ccccc1N)[C@@H](OC(=O)Nc1ccc(Br)cc1)c1cc(Br)ccc1O. The Balaban J connectivity index is 1.65. The number of allylic oxidation sites excluding steroid dienone is 1. The molecule has 0 aromatic heterocycles. The molecule has 0 aliphatic rings. The average Bonchev–Trinajstić information content (AvgIpc) is 2.85. The second-order valence-electron chi connectivity index (χ2n) is 8.19. The number of nitrogens with one attached hydrogen (secondary N) is 2. The summed E-state index contributed by atoms with van der Waals surface area (Å²) < 4.78 is 7.42. The van der Waals surface area contributed by atoms with Crippen molar-refractivity contribution < 1.29 is 19.4 Å². The smallest absolute Gasteiger partial charge is 0.412 e. The molecule has 0 saturated heterocycles. The Morgan fingerprint density at radius 1 is 1.03 bits per heavy atom. The van der Waals surface area contributed by atoms with E-state index in [1.165, 1.54) is 6.08 Å². The van der Waals surface area contributed by atoms with Gasteiger partial charge in [0.05, 0.1) is 11.4 Å². The van der Waals surface area contributed by atoms with Crippen LogP contribution in [-0.2, 0) is 9.53 Å². The molecule has 0 fully saturated rings. The third-order valence-corrected chi connectivity index (χ3v) is 6.44. The highest BCUT2D eigenvalue weighted by molar-refractivity contribution is 9.10. The van der Waals surface area contributed by atoms with E-state index in [9.17, 15) is 14.7 Å². The van der Waals surface area contributed by atoms with E-state index >= 15 is 0 Å². The van der Waals surface area contributed by atoms with Crippen LogP contribution in [0.1, 0.15) is 31.4 Å². The van der Waals surface area contributed by atoms with E-state index in [0.717, 1.165) is 8.95 Å². The van der Waals surface area contributed by atoms with Crippen molar-refractivity contribution in [3.8, 4) is 5.75 Å². The molecule has 9 heteroatoms. The Morgan fingerprint density at radius 3 is 2.44 bits per heavy atom. The summed E-state index contributed by atoms with van der Waals surface area (Å²) in [5.74, 6) is -0.424. The zero-order valence-corrected chi connectivity index (χ0v) is 22.8. The number of para-hydroxylation sites is 2. The number of carbonyl (C=O) groups excluding carboxylic acids is 2. The summed E-state index contributed by atoms with van der Waals surface area (Å²) >= 11 is 6.78. The van der Waals surface area contributed by atoms with Gasteiger partial charge in [0, 0.05) is 20.2 Å². The van der Waals surface area contributed by atoms with Gasteiger partial charge in [-0.3, -0.25) is 10.1 Å². The number of halogens is 2. The number of nitrogens with two attached hydrogens (primary N) is 1. The van der Waals surface area contributed by atoms with Crippen LogP contribution in [-0.4, -0.2) is 17.1 Å². The van der Waals surface area contributed by atoms with Crippen LogP contribution in [0, 0.1) is 5.92 Å². The van der Waals surface area contributed by atoms with Crippen LogP contribution < -0.4 is 16.4 Å². The molecule has 0 aliphatic heterocycles. The van der Waals surface area contributed by atoms with Crippen molar-refractivity contribution in [2.45, 2.75) is 25.9 Å². The lowest BCUT2D eigenvalue weighted by atomic mass is 9.92. The summed E-state index contributed by atoms with van der Waals surface area (Å²) in [5, 5.41) is 15.9. The number of aromatic hydroxyl groups is 1. The predicted octanol–water partition coefficient (Wildman–Crippen LogP) is 7.40. The monoisotopic (exact) mass is 615 g/mol. The third kappa shape index (κ3) is 8.13. The fourth-order valence-corrected chi connectivity index (χ4v) is 4.16. The molecule has 0 bridgehead atoms. The summed E-state index contributed by atoms with van der Waals surface area (Å²) in [4.78, 5) is 24.9. The standard InChI is InChI=1S/C27H27Br2N3O4/c1-17(6-2-5-9-25(34)32-23-8-4-3-7-22(23)30)26(21-16-19(29)12-15-24(21)33)36-27(35)31-20-13-10-18(28)11-14-20/h3-5,7-17,26,33H,2,6,30H2,1H3,(H,31,35)(H,32,34)/b9-5+/t17-,26-/m1/s1. The molecule has 0 heterocycles. The molecule has 0 unspecified atom stereocenters. The van der Waals surface area contributed by atoms with Crippen molar-refractivity contribution in [2.24, 2.45) is 5.92 Å². The van der Waals surface area contributed by atoms with Crippen molar-refractivity contribution in [1.82, 2.24) is 0 Å². The van der Waals surface area contributed by atoms with Crippen LogP contribution >= 0.6 is 31.9 Å². The van der Waals surface area contributed by atoms with E-state index in [0.29, 0.717) is 35.5 Å². The van der Waals surface area contributed by atoms with Crippen LogP contribution in [0.25, 0.3) is 0 Å². The molecular formula is C27H27Br2N3O4. The fourth-order valence-electron chi connectivity index (χ4n) is 3.52. The van der Waals surface area contributed by atoms with E-state index in [4.69, 9.17) is 10.5 Å². The van der Waals surface area contributed by atoms with Gasteiger partial charge in [-0.25, -0.2) is 4.79 Å². The Bertz CT molecular complexity index is 1230. The molecule has 5 N–H and O–H groups in total.